The molecule has 0 aromatic rings. The molecule has 1 N–H and O–H groups in total. The molecule has 4 heteroatoms. The quantitative estimate of drug-likeness (QED) is 0.666. The minimum atomic E-state index is -0.621. The Morgan fingerprint density at radius 1 is 1.33 bits per heavy atom. The number of ether oxygens (including phenoxy) is 1. The second kappa shape index (κ2) is 1.93. The fraction of sp³-hybridized carbons (Fsp3) is 0.818. The van der Waals surface area contributed by atoms with Crippen molar-refractivity contribution in [2.24, 2.45) is 40.9 Å². The molecule has 0 heterocycles. The van der Waals surface area contributed by atoms with Crippen LogP contribution in [0.2, 0.25) is 0 Å². The van der Waals surface area contributed by atoms with Gasteiger partial charge in [-0.1, -0.05) is 0 Å². The average Bonchev–Trinajstić information content (AvgIpc) is 2.22. The second-order valence-corrected chi connectivity index (χ2v) is 5.42. The predicted octanol–water partition coefficient (Wildman–Crippen LogP) is 0.372. The van der Waals surface area contributed by atoms with Crippen molar-refractivity contribution in [2.45, 2.75) is 6.42 Å². The lowest BCUT2D eigenvalue weighted by Crippen LogP contribution is -2.93. The van der Waals surface area contributed by atoms with Gasteiger partial charge in [0.15, 0.2) is 0 Å². The standard InChI is InChI=1S/C11H12O4/c1-15-9(12)7-5-3-2-4-6(7)8(5)11(3,4)10(13)14/h3-8H,2H2,1H3,(H,13,14). The summed E-state index contributed by atoms with van der Waals surface area (Å²) in [5.41, 5.74) is -0.389. The van der Waals surface area contributed by atoms with Gasteiger partial charge in [-0.05, 0) is 36.0 Å². The van der Waals surface area contributed by atoms with Crippen molar-refractivity contribution in [1.82, 2.24) is 0 Å². The summed E-state index contributed by atoms with van der Waals surface area (Å²) in [6.07, 6.45) is 1.03. The minimum Gasteiger partial charge on any atom is -0.481 e. The number of fused-ring (bicyclic) bond motifs is 2. The molecule has 0 saturated heterocycles. The highest BCUT2D eigenvalue weighted by molar-refractivity contribution is 5.87. The van der Waals surface area contributed by atoms with E-state index < -0.39 is 5.97 Å². The molecule has 80 valence electrons. The maximum absolute atomic E-state index is 11.5. The van der Waals surface area contributed by atoms with E-state index in [4.69, 9.17) is 4.74 Å². The first-order chi connectivity index (χ1) is 7.15. The number of hydrogen-bond donors (Lipinski definition) is 1. The van der Waals surface area contributed by atoms with Gasteiger partial charge in [-0.2, -0.15) is 0 Å². The molecule has 4 unspecified atom stereocenters. The normalized spacial score (nSPS) is 61.1. The van der Waals surface area contributed by atoms with Crippen LogP contribution in [-0.2, 0) is 14.3 Å². The molecular weight excluding hydrogens is 196 g/mol. The molecule has 0 aliphatic heterocycles. The summed E-state index contributed by atoms with van der Waals surface area (Å²) < 4.78 is 4.78. The van der Waals surface area contributed by atoms with Gasteiger partial charge >= 0.3 is 11.9 Å². The maximum Gasteiger partial charge on any atom is 0.310 e. The van der Waals surface area contributed by atoms with Crippen LogP contribution in [0, 0.1) is 40.9 Å². The van der Waals surface area contributed by atoms with Gasteiger partial charge in [0.1, 0.15) is 0 Å². The first kappa shape index (κ1) is 8.13. The molecule has 0 spiro atoms. The third-order valence-corrected chi connectivity index (χ3v) is 5.72. The summed E-state index contributed by atoms with van der Waals surface area (Å²) in [4.78, 5) is 22.7. The smallest absolute Gasteiger partial charge is 0.310 e. The van der Waals surface area contributed by atoms with Crippen LogP contribution < -0.4 is 0 Å². The molecule has 4 aliphatic rings. The van der Waals surface area contributed by atoms with Crippen LogP contribution in [0.25, 0.3) is 0 Å². The molecule has 4 atom stereocenters. The fourth-order valence-electron chi connectivity index (χ4n) is 5.35. The number of carbonyl (C=O) groups excluding carboxylic acids is 1. The topological polar surface area (TPSA) is 63.6 Å². The van der Waals surface area contributed by atoms with Gasteiger partial charge in [0, 0.05) is 0 Å². The molecule has 4 nitrogen and oxygen atoms in total. The van der Waals surface area contributed by atoms with Crippen LogP contribution in [0.5, 0.6) is 0 Å². The Morgan fingerprint density at radius 2 is 1.93 bits per heavy atom. The monoisotopic (exact) mass is 208 g/mol. The zero-order chi connectivity index (χ0) is 10.5. The molecule has 4 aliphatic carbocycles. The number of hydrogen-bond acceptors (Lipinski definition) is 3. The first-order valence-electron chi connectivity index (χ1n) is 5.47. The largest absolute Gasteiger partial charge is 0.481 e. The summed E-state index contributed by atoms with van der Waals surface area (Å²) in [6.45, 7) is 0. The molecular formula is C11H12O4. The van der Waals surface area contributed by atoms with Crippen molar-refractivity contribution in [2.75, 3.05) is 7.11 Å². The van der Waals surface area contributed by atoms with E-state index in [-0.39, 0.29) is 29.1 Å². The van der Waals surface area contributed by atoms with E-state index in [0.29, 0.717) is 17.8 Å². The van der Waals surface area contributed by atoms with Crippen LogP contribution in [0.1, 0.15) is 6.42 Å². The van der Waals surface area contributed by atoms with E-state index >= 15 is 0 Å². The van der Waals surface area contributed by atoms with E-state index in [0.717, 1.165) is 6.42 Å². The summed E-state index contributed by atoms with van der Waals surface area (Å²) in [5, 5.41) is 9.22. The molecule has 4 rings (SSSR count). The van der Waals surface area contributed by atoms with Gasteiger partial charge in [-0.25, -0.2) is 0 Å². The highest BCUT2D eigenvalue weighted by Crippen LogP contribution is 2.92. The molecule has 0 aromatic heterocycles. The number of carboxylic acid groups (broad SMARTS) is 1. The fourth-order valence-corrected chi connectivity index (χ4v) is 5.35. The number of methoxy groups -OCH3 is 1. The number of rotatable bonds is 2. The molecule has 4 fully saturated rings. The SMILES string of the molecule is COC(=O)C1C2C3CC4C1C2C34C(=O)O. The lowest BCUT2D eigenvalue weighted by Gasteiger charge is -2.90. The van der Waals surface area contributed by atoms with Crippen LogP contribution in [0.4, 0.5) is 0 Å². The molecule has 0 bridgehead atoms. The lowest BCUT2D eigenvalue weighted by atomic mass is 9.11. The average molecular weight is 208 g/mol. The molecule has 4 saturated carbocycles. The summed E-state index contributed by atoms with van der Waals surface area (Å²) in [6, 6.07) is 0. The Balaban J connectivity index is 1.66. The predicted molar refractivity (Wildman–Crippen MR) is 47.6 cm³/mol. The van der Waals surface area contributed by atoms with Crippen LogP contribution in [-0.4, -0.2) is 24.2 Å². The minimum absolute atomic E-state index is 0.0324. The van der Waals surface area contributed by atoms with Gasteiger partial charge < -0.3 is 9.84 Å². The highest BCUT2D eigenvalue weighted by Gasteiger charge is 2.94. The van der Waals surface area contributed by atoms with Crippen LogP contribution >= 0.6 is 0 Å². The number of carboxylic acids is 1. The third kappa shape index (κ3) is 0.478. The van der Waals surface area contributed by atoms with Crippen molar-refractivity contribution < 1.29 is 19.4 Å². The number of esters is 1. The Morgan fingerprint density at radius 3 is 2.33 bits per heavy atom. The van der Waals surface area contributed by atoms with Crippen LogP contribution in [0.15, 0.2) is 0 Å². The van der Waals surface area contributed by atoms with Gasteiger partial charge in [0.25, 0.3) is 0 Å². The third-order valence-electron chi connectivity index (χ3n) is 5.72. The van der Waals surface area contributed by atoms with Gasteiger partial charge in [-0.15, -0.1) is 0 Å². The highest BCUT2D eigenvalue weighted by atomic mass is 16.5. The molecule has 0 aromatic carbocycles. The van der Waals surface area contributed by atoms with E-state index in [1.807, 2.05) is 0 Å². The Bertz CT molecular complexity index is 370. The zero-order valence-electron chi connectivity index (χ0n) is 8.34. The van der Waals surface area contributed by atoms with Crippen molar-refractivity contribution in [3.8, 4) is 0 Å². The van der Waals surface area contributed by atoms with E-state index in [1.54, 1.807) is 0 Å². The number of carbonyl (C=O) groups is 2. The van der Waals surface area contributed by atoms with Gasteiger partial charge in [0.05, 0.1) is 18.4 Å². The Hall–Kier alpha value is -1.06. The summed E-state index contributed by atoms with van der Waals surface area (Å²) in [5.74, 6) is 0.831. The maximum atomic E-state index is 11.5. The van der Waals surface area contributed by atoms with Crippen molar-refractivity contribution >= 4 is 11.9 Å². The van der Waals surface area contributed by atoms with E-state index in [9.17, 15) is 14.7 Å². The second-order valence-electron chi connectivity index (χ2n) is 5.42. The van der Waals surface area contributed by atoms with Gasteiger partial charge in [0.2, 0.25) is 0 Å². The summed E-state index contributed by atoms with van der Waals surface area (Å²) in [7, 11) is 1.42. The van der Waals surface area contributed by atoms with Gasteiger partial charge in [-0.3, -0.25) is 9.59 Å². The van der Waals surface area contributed by atoms with E-state index in [2.05, 4.69) is 0 Å². The van der Waals surface area contributed by atoms with E-state index in [1.165, 1.54) is 7.11 Å². The number of aliphatic carboxylic acids is 1. The van der Waals surface area contributed by atoms with Crippen molar-refractivity contribution in [1.29, 1.82) is 0 Å². The molecule has 0 amide bonds. The first-order valence-corrected chi connectivity index (χ1v) is 5.47. The Kier molecular flexibility index (Phi) is 1.04. The zero-order valence-corrected chi connectivity index (χ0v) is 8.34. The molecule has 0 radical (unpaired) electrons. The molecule has 15 heavy (non-hydrogen) atoms. The lowest BCUT2D eigenvalue weighted by molar-refractivity contribution is -0.444. The van der Waals surface area contributed by atoms with Crippen molar-refractivity contribution in [3.63, 3.8) is 0 Å². The van der Waals surface area contributed by atoms with Crippen molar-refractivity contribution in [3.05, 3.63) is 0 Å². The van der Waals surface area contributed by atoms with Crippen LogP contribution in [0.3, 0.4) is 0 Å². The Labute approximate surface area is 86.6 Å². The summed E-state index contributed by atoms with van der Waals surface area (Å²) >= 11 is 0.